The van der Waals surface area contributed by atoms with Crippen LogP contribution in [-0.4, -0.2) is 24.8 Å². The highest BCUT2D eigenvalue weighted by atomic mass is 16.3. The molecule has 3 heterocycles. The highest BCUT2D eigenvalue weighted by molar-refractivity contribution is 5.72. The van der Waals surface area contributed by atoms with E-state index in [4.69, 9.17) is 10.2 Å². The molecule has 0 fully saturated rings. The van der Waals surface area contributed by atoms with Crippen molar-refractivity contribution < 1.29 is 4.42 Å². The van der Waals surface area contributed by atoms with E-state index in [9.17, 15) is 4.79 Å². The molecule has 8 heteroatoms. The van der Waals surface area contributed by atoms with Crippen LogP contribution in [0.1, 0.15) is 11.5 Å². The lowest BCUT2D eigenvalue weighted by atomic mass is 10.4. The molecule has 0 radical (unpaired) electrons. The smallest absolute Gasteiger partial charge is 0.281 e. The van der Waals surface area contributed by atoms with Gasteiger partial charge in [0.15, 0.2) is 5.65 Å². The molecule has 3 aromatic heterocycles. The lowest BCUT2D eigenvalue weighted by Crippen LogP contribution is -2.24. The molecule has 0 unspecified atom stereocenters. The molecule has 0 saturated heterocycles. The number of aromatic nitrogens is 5. The van der Waals surface area contributed by atoms with Crippen LogP contribution in [0.2, 0.25) is 0 Å². The maximum Gasteiger partial charge on any atom is 0.281 e. The van der Waals surface area contributed by atoms with E-state index < -0.39 is 0 Å². The van der Waals surface area contributed by atoms with Crippen LogP contribution in [0, 0.1) is 0 Å². The van der Waals surface area contributed by atoms with Gasteiger partial charge in [0, 0.05) is 7.05 Å². The van der Waals surface area contributed by atoms with Crippen molar-refractivity contribution in [3.63, 3.8) is 0 Å². The van der Waals surface area contributed by atoms with Gasteiger partial charge in [0.2, 0.25) is 0 Å². The van der Waals surface area contributed by atoms with Crippen LogP contribution >= 0.6 is 0 Å². The second-order valence-electron chi connectivity index (χ2n) is 4.13. The van der Waals surface area contributed by atoms with Gasteiger partial charge in [0.05, 0.1) is 12.7 Å². The van der Waals surface area contributed by atoms with E-state index in [0.29, 0.717) is 29.1 Å². The van der Waals surface area contributed by atoms with Crippen molar-refractivity contribution in [3.05, 3.63) is 40.2 Å². The monoisotopic (exact) mass is 260 g/mol. The second-order valence-corrected chi connectivity index (χ2v) is 4.13. The summed E-state index contributed by atoms with van der Waals surface area (Å²) in [6, 6.07) is 3.54. The van der Waals surface area contributed by atoms with Gasteiger partial charge in [0.1, 0.15) is 23.5 Å². The summed E-state index contributed by atoms with van der Waals surface area (Å²) in [6.45, 7) is 0.541. The SMILES string of the molecule is Cn1ncc2c(=O)n(Cc3ccc(CN)o3)nnc21. The quantitative estimate of drug-likeness (QED) is 0.688. The summed E-state index contributed by atoms with van der Waals surface area (Å²) in [4.78, 5) is 12.2. The van der Waals surface area contributed by atoms with Crippen molar-refractivity contribution in [2.24, 2.45) is 12.8 Å². The summed E-state index contributed by atoms with van der Waals surface area (Å²) in [5.41, 5.74) is 5.68. The van der Waals surface area contributed by atoms with Gasteiger partial charge < -0.3 is 10.2 Å². The standard InChI is InChI=1S/C11H12N6O2/c1-16-10-9(5-13-16)11(18)17(15-14-10)6-8-3-2-7(4-12)19-8/h2-3,5H,4,6,12H2,1H3. The Balaban J connectivity index is 2.01. The summed E-state index contributed by atoms with van der Waals surface area (Å²) in [7, 11) is 1.71. The molecule has 0 saturated carbocycles. The molecule has 3 rings (SSSR count). The van der Waals surface area contributed by atoms with Gasteiger partial charge in [-0.25, -0.2) is 9.36 Å². The number of fused-ring (bicyclic) bond motifs is 1. The lowest BCUT2D eigenvalue weighted by Gasteiger charge is -2.00. The van der Waals surface area contributed by atoms with Crippen molar-refractivity contribution in [2.75, 3.05) is 0 Å². The van der Waals surface area contributed by atoms with Crippen molar-refractivity contribution in [2.45, 2.75) is 13.1 Å². The molecule has 0 atom stereocenters. The number of hydrogen-bond acceptors (Lipinski definition) is 6. The van der Waals surface area contributed by atoms with Crippen molar-refractivity contribution in [1.82, 2.24) is 24.8 Å². The maximum absolute atomic E-state index is 12.2. The first kappa shape index (κ1) is 11.6. The van der Waals surface area contributed by atoms with Gasteiger partial charge in [-0.2, -0.15) is 5.10 Å². The number of hydrogen-bond donors (Lipinski definition) is 1. The van der Waals surface area contributed by atoms with E-state index >= 15 is 0 Å². The zero-order chi connectivity index (χ0) is 13.4. The summed E-state index contributed by atoms with van der Waals surface area (Å²) in [5, 5.41) is 12.3. The number of furan rings is 1. The fourth-order valence-electron chi connectivity index (χ4n) is 1.84. The normalized spacial score (nSPS) is 11.3. The van der Waals surface area contributed by atoms with Crippen molar-refractivity contribution in [1.29, 1.82) is 0 Å². The maximum atomic E-state index is 12.2. The zero-order valence-corrected chi connectivity index (χ0v) is 10.3. The van der Waals surface area contributed by atoms with Crippen molar-refractivity contribution in [3.8, 4) is 0 Å². The van der Waals surface area contributed by atoms with Gasteiger partial charge in [0.25, 0.3) is 5.56 Å². The minimum absolute atomic E-state index is 0.219. The van der Waals surface area contributed by atoms with Gasteiger partial charge in [-0.3, -0.25) is 4.79 Å². The molecule has 98 valence electrons. The van der Waals surface area contributed by atoms with Crippen LogP contribution in [0.25, 0.3) is 11.0 Å². The van der Waals surface area contributed by atoms with E-state index in [1.807, 2.05) is 0 Å². The molecule has 0 aromatic carbocycles. The topological polar surface area (TPSA) is 105 Å². The molecule has 0 aliphatic rings. The molecule has 0 bridgehead atoms. The largest absolute Gasteiger partial charge is 0.463 e. The Morgan fingerprint density at radius 3 is 2.89 bits per heavy atom. The molecular formula is C11H12N6O2. The van der Waals surface area contributed by atoms with Gasteiger partial charge in [-0.1, -0.05) is 5.21 Å². The number of aryl methyl sites for hydroxylation is 1. The molecule has 19 heavy (non-hydrogen) atoms. The number of nitrogens with two attached hydrogens (primary N) is 1. The Labute approximate surface area is 107 Å². The summed E-state index contributed by atoms with van der Waals surface area (Å²) in [5.74, 6) is 1.28. The van der Waals surface area contributed by atoms with E-state index in [2.05, 4.69) is 15.4 Å². The molecular weight excluding hydrogens is 248 g/mol. The molecule has 8 nitrogen and oxygen atoms in total. The Morgan fingerprint density at radius 2 is 2.16 bits per heavy atom. The van der Waals surface area contributed by atoms with Crippen molar-refractivity contribution >= 4 is 11.0 Å². The molecule has 2 N–H and O–H groups in total. The Hall–Kier alpha value is -2.48. The average Bonchev–Trinajstić information content (AvgIpc) is 3.00. The first-order valence-electron chi connectivity index (χ1n) is 5.72. The molecule has 0 aliphatic carbocycles. The third-order valence-corrected chi connectivity index (χ3v) is 2.84. The minimum Gasteiger partial charge on any atom is -0.463 e. The second kappa shape index (κ2) is 4.32. The third-order valence-electron chi connectivity index (χ3n) is 2.84. The van der Waals surface area contributed by atoms with Crippen LogP contribution in [0.3, 0.4) is 0 Å². The van der Waals surface area contributed by atoms with Gasteiger partial charge in [-0.15, -0.1) is 5.10 Å². The van der Waals surface area contributed by atoms with E-state index in [0.717, 1.165) is 0 Å². The van der Waals surface area contributed by atoms with E-state index in [1.165, 1.54) is 15.6 Å². The Bertz CT molecular complexity index is 784. The minimum atomic E-state index is -0.246. The molecule has 0 amide bonds. The molecule has 0 spiro atoms. The first-order valence-corrected chi connectivity index (χ1v) is 5.72. The molecule has 3 aromatic rings. The first-order chi connectivity index (χ1) is 9.19. The van der Waals surface area contributed by atoms with Gasteiger partial charge >= 0.3 is 0 Å². The van der Waals surface area contributed by atoms with E-state index in [1.54, 1.807) is 19.2 Å². The highest BCUT2D eigenvalue weighted by Gasteiger charge is 2.11. The fourth-order valence-corrected chi connectivity index (χ4v) is 1.84. The van der Waals surface area contributed by atoms with Crippen LogP contribution in [-0.2, 0) is 20.1 Å². The molecule has 0 aliphatic heterocycles. The van der Waals surface area contributed by atoms with Gasteiger partial charge in [-0.05, 0) is 12.1 Å². The summed E-state index contributed by atoms with van der Waals surface area (Å²) < 4.78 is 8.18. The van der Waals surface area contributed by atoms with Crippen LogP contribution in [0.4, 0.5) is 0 Å². The summed E-state index contributed by atoms with van der Waals surface area (Å²) in [6.07, 6.45) is 1.48. The zero-order valence-electron chi connectivity index (χ0n) is 10.3. The Kier molecular flexibility index (Phi) is 2.64. The predicted molar refractivity (Wildman–Crippen MR) is 66.3 cm³/mol. The number of rotatable bonds is 3. The third kappa shape index (κ3) is 1.91. The lowest BCUT2D eigenvalue weighted by molar-refractivity contribution is 0.435. The van der Waals surface area contributed by atoms with Crippen LogP contribution in [0.15, 0.2) is 27.5 Å². The average molecular weight is 260 g/mol. The number of nitrogens with zero attached hydrogens (tertiary/aromatic N) is 5. The van der Waals surface area contributed by atoms with Crippen LogP contribution < -0.4 is 11.3 Å². The summed E-state index contributed by atoms with van der Waals surface area (Å²) >= 11 is 0. The van der Waals surface area contributed by atoms with Crippen LogP contribution in [0.5, 0.6) is 0 Å². The fraction of sp³-hybridized carbons (Fsp3) is 0.273. The Morgan fingerprint density at radius 1 is 1.37 bits per heavy atom. The predicted octanol–water partition coefficient (Wildman–Crippen LogP) is -0.375. The highest BCUT2D eigenvalue weighted by Crippen LogP contribution is 2.08. The van der Waals surface area contributed by atoms with E-state index in [-0.39, 0.29) is 12.1 Å².